The maximum Gasteiger partial charge on any atom is 0.251 e. The van der Waals surface area contributed by atoms with Crippen molar-refractivity contribution in [2.75, 3.05) is 63.1 Å². The number of carbonyl (C=O) groups excluding carboxylic acids is 2. The number of carbonyl (C=O) groups is 2. The standard InChI is InChI=1S/C29H41N7O4/c1-19(37)35-7-5-23(6-8-35)32-27-15-21(16-28(33-27)36-11-9-34(2)10-12-36)29(40)31-18-26(39)25-14-20-3-4-24(38)13-22(20)17-30-25/h3-4,13,15-16,23,25-26,30,38-39H,5-12,14,17-18H2,1-2H3,(H,31,40)(H,32,33)/t25-,26+/m0/s1. The van der Waals surface area contributed by atoms with Crippen molar-refractivity contribution in [1.82, 2.24) is 25.4 Å². The highest BCUT2D eigenvalue weighted by Gasteiger charge is 2.26. The van der Waals surface area contributed by atoms with Gasteiger partial charge in [-0.25, -0.2) is 4.98 Å². The Hall–Kier alpha value is -3.41. The van der Waals surface area contributed by atoms with E-state index in [0.717, 1.165) is 56.0 Å². The third kappa shape index (κ3) is 6.83. The highest BCUT2D eigenvalue weighted by atomic mass is 16.3. The molecule has 1 aromatic carbocycles. The molecule has 2 amide bonds. The largest absolute Gasteiger partial charge is 0.508 e. The number of likely N-dealkylation sites (tertiary alicyclic amines) is 1. The number of nitrogens with zero attached hydrogens (tertiary/aromatic N) is 4. The summed E-state index contributed by atoms with van der Waals surface area (Å²) in [4.78, 5) is 36.2. The van der Waals surface area contributed by atoms with Gasteiger partial charge >= 0.3 is 0 Å². The van der Waals surface area contributed by atoms with E-state index in [1.165, 1.54) is 0 Å². The number of aliphatic hydroxyl groups excluding tert-OH is 1. The zero-order chi connectivity index (χ0) is 28.2. The first-order valence-corrected chi connectivity index (χ1v) is 14.2. The van der Waals surface area contributed by atoms with Gasteiger partial charge in [0.15, 0.2) is 0 Å². The van der Waals surface area contributed by atoms with E-state index in [1.54, 1.807) is 25.1 Å². The minimum absolute atomic E-state index is 0.0988. The molecular weight excluding hydrogens is 510 g/mol. The predicted octanol–water partition coefficient (Wildman–Crippen LogP) is 0.767. The van der Waals surface area contributed by atoms with Crippen LogP contribution in [0.2, 0.25) is 0 Å². The number of aromatic hydroxyl groups is 1. The number of phenols is 1. The number of aliphatic hydroxyl groups is 1. The summed E-state index contributed by atoms with van der Waals surface area (Å²) in [6, 6.07) is 8.87. The van der Waals surface area contributed by atoms with Crippen LogP contribution in [0.3, 0.4) is 0 Å². The lowest BCUT2D eigenvalue weighted by atomic mass is 9.92. The van der Waals surface area contributed by atoms with Crippen molar-refractivity contribution in [2.45, 2.75) is 50.9 Å². The van der Waals surface area contributed by atoms with Gasteiger partial charge in [0.05, 0.1) is 6.10 Å². The quantitative estimate of drug-likeness (QED) is 0.338. The summed E-state index contributed by atoms with van der Waals surface area (Å²) in [6.45, 7) is 7.19. The Balaban J connectivity index is 1.25. The first kappa shape index (κ1) is 28.1. The lowest BCUT2D eigenvalue weighted by molar-refractivity contribution is -0.129. The number of piperazine rings is 1. The number of amides is 2. The fourth-order valence-electron chi connectivity index (χ4n) is 5.71. The second kappa shape index (κ2) is 12.4. The van der Waals surface area contributed by atoms with Gasteiger partial charge in [-0.3, -0.25) is 9.59 Å². The molecule has 3 aliphatic heterocycles. The van der Waals surface area contributed by atoms with Crippen molar-refractivity contribution >= 4 is 23.5 Å². The first-order chi connectivity index (χ1) is 19.2. The normalized spacial score (nSPS) is 21.0. The summed E-state index contributed by atoms with van der Waals surface area (Å²) < 4.78 is 0. The molecule has 4 heterocycles. The number of aromatic nitrogens is 1. The highest BCUT2D eigenvalue weighted by molar-refractivity contribution is 5.95. The van der Waals surface area contributed by atoms with Gasteiger partial charge in [-0.2, -0.15) is 0 Å². The van der Waals surface area contributed by atoms with Crippen LogP contribution in [0.4, 0.5) is 11.6 Å². The van der Waals surface area contributed by atoms with E-state index in [0.29, 0.717) is 37.4 Å². The summed E-state index contributed by atoms with van der Waals surface area (Å²) in [5.41, 5.74) is 2.60. The number of anilines is 2. The van der Waals surface area contributed by atoms with Gasteiger partial charge in [-0.15, -0.1) is 0 Å². The SMILES string of the molecule is CC(=O)N1CCC(Nc2cc(C(=O)NC[C@@H](O)[C@@H]3Cc4ccc(O)cc4CN3)cc(N3CCN(C)CC3)n2)CC1. The zero-order valence-corrected chi connectivity index (χ0v) is 23.4. The van der Waals surface area contributed by atoms with Crippen LogP contribution in [0, 0.1) is 0 Å². The number of rotatable bonds is 7. The fourth-order valence-corrected chi connectivity index (χ4v) is 5.71. The van der Waals surface area contributed by atoms with Gasteiger partial charge in [0, 0.05) is 76.9 Å². The van der Waals surface area contributed by atoms with Crippen molar-refractivity contribution in [3.8, 4) is 5.75 Å². The van der Waals surface area contributed by atoms with E-state index in [2.05, 4.69) is 32.8 Å². The molecule has 3 aliphatic rings. The van der Waals surface area contributed by atoms with Crippen LogP contribution in [-0.2, 0) is 17.8 Å². The Morgan fingerprint density at radius 3 is 2.55 bits per heavy atom. The number of pyridine rings is 1. The molecule has 216 valence electrons. The number of phenolic OH excluding ortho intramolecular Hbond substituents is 1. The summed E-state index contributed by atoms with van der Waals surface area (Å²) >= 11 is 0. The molecule has 0 spiro atoms. The molecule has 0 unspecified atom stereocenters. The number of benzene rings is 1. The summed E-state index contributed by atoms with van der Waals surface area (Å²) in [5, 5.41) is 30.3. The number of piperidine rings is 1. The molecular formula is C29H41N7O4. The van der Waals surface area contributed by atoms with E-state index >= 15 is 0 Å². The minimum atomic E-state index is -0.770. The smallest absolute Gasteiger partial charge is 0.251 e. The second-order valence-electron chi connectivity index (χ2n) is 11.2. The fraction of sp³-hybridized carbons (Fsp3) is 0.552. The molecule has 2 fully saturated rings. The molecule has 5 rings (SSSR count). The number of likely N-dealkylation sites (N-methyl/N-ethyl adjacent to an activating group) is 1. The molecule has 2 saturated heterocycles. The lowest BCUT2D eigenvalue weighted by Gasteiger charge is -2.34. The Morgan fingerprint density at radius 2 is 1.82 bits per heavy atom. The molecule has 0 radical (unpaired) electrons. The maximum absolute atomic E-state index is 13.3. The molecule has 0 saturated carbocycles. The van der Waals surface area contributed by atoms with Crippen LogP contribution in [-0.4, -0.2) is 108 Å². The molecule has 11 heteroatoms. The molecule has 2 atom stereocenters. The number of hydrogen-bond donors (Lipinski definition) is 5. The molecule has 5 N–H and O–H groups in total. The topological polar surface area (TPSA) is 133 Å². The van der Waals surface area contributed by atoms with Crippen molar-refractivity contribution < 1.29 is 19.8 Å². The van der Waals surface area contributed by atoms with E-state index in [9.17, 15) is 19.8 Å². The monoisotopic (exact) mass is 551 g/mol. The first-order valence-electron chi connectivity index (χ1n) is 14.2. The van der Waals surface area contributed by atoms with Gasteiger partial charge in [-0.05, 0) is 61.7 Å². The zero-order valence-electron chi connectivity index (χ0n) is 23.4. The Kier molecular flexibility index (Phi) is 8.72. The van der Waals surface area contributed by atoms with Crippen molar-refractivity contribution in [2.24, 2.45) is 0 Å². The van der Waals surface area contributed by atoms with Crippen molar-refractivity contribution in [3.63, 3.8) is 0 Å². The minimum Gasteiger partial charge on any atom is -0.508 e. The van der Waals surface area contributed by atoms with Crippen LogP contribution in [0.15, 0.2) is 30.3 Å². The van der Waals surface area contributed by atoms with Gasteiger partial charge in [0.25, 0.3) is 5.91 Å². The van der Waals surface area contributed by atoms with E-state index in [-0.39, 0.29) is 36.2 Å². The van der Waals surface area contributed by atoms with Crippen LogP contribution >= 0.6 is 0 Å². The maximum atomic E-state index is 13.3. The number of fused-ring (bicyclic) bond motifs is 1. The summed E-state index contributed by atoms with van der Waals surface area (Å²) in [7, 11) is 2.10. The number of hydrogen-bond acceptors (Lipinski definition) is 9. The second-order valence-corrected chi connectivity index (χ2v) is 11.2. The average Bonchev–Trinajstić information content (AvgIpc) is 2.96. The lowest BCUT2D eigenvalue weighted by Crippen LogP contribution is -2.49. The van der Waals surface area contributed by atoms with E-state index in [4.69, 9.17) is 4.98 Å². The summed E-state index contributed by atoms with van der Waals surface area (Å²) in [6.07, 6.45) is 1.50. The van der Waals surface area contributed by atoms with Crippen LogP contribution in [0.1, 0.15) is 41.3 Å². The van der Waals surface area contributed by atoms with E-state index < -0.39 is 6.10 Å². The van der Waals surface area contributed by atoms with Gasteiger partial charge in [-0.1, -0.05) is 6.07 Å². The predicted molar refractivity (Wildman–Crippen MR) is 154 cm³/mol. The van der Waals surface area contributed by atoms with Crippen molar-refractivity contribution in [1.29, 1.82) is 0 Å². The van der Waals surface area contributed by atoms with Gasteiger partial charge in [0.2, 0.25) is 5.91 Å². The van der Waals surface area contributed by atoms with Crippen LogP contribution in [0.25, 0.3) is 0 Å². The third-order valence-electron chi connectivity index (χ3n) is 8.31. The molecule has 40 heavy (non-hydrogen) atoms. The highest BCUT2D eigenvalue weighted by Crippen LogP contribution is 2.24. The van der Waals surface area contributed by atoms with Crippen LogP contribution < -0.4 is 20.9 Å². The van der Waals surface area contributed by atoms with E-state index in [1.807, 2.05) is 17.0 Å². The Labute approximate surface area is 235 Å². The molecule has 0 bridgehead atoms. The Morgan fingerprint density at radius 1 is 1.07 bits per heavy atom. The summed E-state index contributed by atoms with van der Waals surface area (Å²) in [5.74, 6) is 1.49. The molecule has 1 aromatic heterocycles. The van der Waals surface area contributed by atoms with Gasteiger partial charge in [0.1, 0.15) is 17.4 Å². The molecule has 2 aromatic rings. The van der Waals surface area contributed by atoms with Crippen molar-refractivity contribution in [3.05, 3.63) is 47.0 Å². The Bertz CT molecular complexity index is 1210. The molecule has 11 nitrogen and oxygen atoms in total. The third-order valence-corrected chi connectivity index (χ3v) is 8.31. The number of nitrogens with one attached hydrogen (secondary N) is 3. The van der Waals surface area contributed by atoms with Crippen LogP contribution in [0.5, 0.6) is 5.75 Å². The van der Waals surface area contributed by atoms with Gasteiger partial charge < -0.3 is 40.9 Å². The average molecular weight is 552 g/mol. The molecule has 0 aliphatic carbocycles.